The number of nitrogens with zero attached hydrogens (tertiary/aromatic N) is 2. The second-order valence-electron chi connectivity index (χ2n) is 3.83. The Kier molecular flexibility index (Phi) is 2.91. The number of hydrogen-bond acceptors (Lipinski definition) is 4. The quantitative estimate of drug-likeness (QED) is 0.730. The van der Waals surface area contributed by atoms with E-state index in [-0.39, 0.29) is 12.0 Å². The number of nitrogens with one attached hydrogen (secondary N) is 1. The summed E-state index contributed by atoms with van der Waals surface area (Å²) < 4.78 is 0. The molecule has 0 aliphatic heterocycles. The van der Waals surface area contributed by atoms with E-state index in [1.165, 1.54) is 12.4 Å². The molecule has 0 atom stereocenters. The maximum absolute atomic E-state index is 11.5. The number of aliphatic hydroxyl groups is 1. The van der Waals surface area contributed by atoms with E-state index in [0.29, 0.717) is 18.0 Å². The van der Waals surface area contributed by atoms with Crippen molar-refractivity contribution in [2.75, 3.05) is 6.54 Å². The zero-order valence-corrected chi connectivity index (χ0v) is 8.26. The van der Waals surface area contributed by atoms with Gasteiger partial charge in [0.1, 0.15) is 0 Å². The van der Waals surface area contributed by atoms with Crippen molar-refractivity contribution in [3.63, 3.8) is 0 Å². The van der Waals surface area contributed by atoms with Crippen LogP contribution in [0.5, 0.6) is 0 Å². The molecule has 0 bridgehead atoms. The molecule has 1 saturated carbocycles. The van der Waals surface area contributed by atoms with Crippen molar-refractivity contribution in [2.24, 2.45) is 5.92 Å². The number of carbonyl (C=O) groups is 1. The van der Waals surface area contributed by atoms with Gasteiger partial charge in [-0.05, 0) is 24.8 Å². The predicted octanol–water partition coefficient (Wildman–Crippen LogP) is -0.0227. The highest BCUT2D eigenvalue weighted by Gasteiger charge is 2.27. The zero-order valence-electron chi connectivity index (χ0n) is 8.26. The van der Waals surface area contributed by atoms with E-state index in [1.54, 1.807) is 6.07 Å². The summed E-state index contributed by atoms with van der Waals surface area (Å²) >= 11 is 0. The van der Waals surface area contributed by atoms with Crippen LogP contribution in [0.3, 0.4) is 0 Å². The van der Waals surface area contributed by atoms with Crippen LogP contribution in [0.1, 0.15) is 23.2 Å². The monoisotopic (exact) mass is 207 g/mol. The van der Waals surface area contributed by atoms with Gasteiger partial charge in [0.2, 0.25) is 0 Å². The van der Waals surface area contributed by atoms with Crippen molar-refractivity contribution in [3.05, 3.63) is 24.0 Å². The van der Waals surface area contributed by atoms with E-state index in [2.05, 4.69) is 15.5 Å². The molecule has 0 saturated heterocycles. The van der Waals surface area contributed by atoms with Gasteiger partial charge in [0.25, 0.3) is 5.91 Å². The average molecular weight is 207 g/mol. The van der Waals surface area contributed by atoms with E-state index in [0.717, 1.165) is 12.8 Å². The van der Waals surface area contributed by atoms with Gasteiger partial charge in [-0.15, -0.1) is 0 Å². The van der Waals surface area contributed by atoms with Gasteiger partial charge in [-0.25, -0.2) is 0 Å². The SMILES string of the molecule is O=C(NCC1CC(O)C1)c1ccnnc1. The highest BCUT2D eigenvalue weighted by Crippen LogP contribution is 2.26. The molecule has 0 radical (unpaired) electrons. The van der Waals surface area contributed by atoms with Gasteiger partial charge in [0.15, 0.2) is 0 Å². The fourth-order valence-corrected chi connectivity index (χ4v) is 1.63. The molecule has 1 aliphatic carbocycles. The Morgan fingerprint density at radius 1 is 1.53 bits per heavy atom. The minimum atomic E-state index is -0.172. The Labute approximate surface area is 87.5 Å². The molecule has 5 nitrogen and oxygen atoms in total. The van der Waals surface area contributed by atoms with Crippen LogP contribution in [0.4, 0.5) is 0 Å². The second kappa shape index (κ2) is 4.35. The molecule has 1 aliphatic rings. The smallest absolute Gasteiger partial charge is 0.252 e. The number of hydrogen-bond donors (Lipinski definition) is 2. The van der Waals surface area contributed by atoms with Gasteiger partial charge in [-0.2, -0.15) is 10.2 Å². The van der Waals surface area contributed by atoms with Crippen molar-refractivity contribution in [3.8, 4) is 0 Å². The molecule has 2 N–H and O–H groups in total. The summed E-state index contributed by atoms with van der Waals surface area (Å²) in [4.78, 5) is 11.5. The summed E-state index contributed by atoms with van der Waals surface area (Å²) in [7, 11) is 0. The van der Waals surface area contributed by atoms with Crippen LogP contribution in [-0.4, -0.2) is 33.9 Å². The second-order valence-corrected chi connectivity index (χ2v) is 3.83. The third-order valence-electron chi connectivity index (χ3n) is 2.61. The fourth-order valence-electron chi connectivity index (χ4n) is 1.63. The van der Waals surface area contributed by atoms with Gasteiger partial charge >= 0.3 is 0 Å². The summed E-state index contributed by atoms with van der Waals surface area (Å²) in [5, 5.41) is 19.1. The van der Waals surface area contributed by atoms with Gasteiger partial charge in [0.05, 0.1) is 24.1 Å². The molecule has 15 heavy (non-hydrogen) atoms. The summed E-state index contributed by atoms with van der Waals surface area (Å²) in [5.74, 6) is 0.282. The molecular formula is C10H13N3O2. The highest BCUT2D eigenvalue weighted by molar-refractivity contribution is 5.93. The lowest BCUT2D eigenvalue weighted by atomic mass is 9.82. The molecule has 1 aromatic rings. The third kappa shape index (κ3) is 2.50. The minimum absolute atomic E-state index is 0.133. The molecule has 2 rings (SSSR count). The van der Waals surface area contributed by atoms with Crippen LogP contribution in [0.25, 0.3) is 0 Å². The van der Waals surface area contributed by atoms with E-state index in [4.69, 9.17) is 5.11 Å². The van der Waals surface area contributed by atoms with E-state index >= 15 is 0 Å². The largest absolute Gasteiger partial charge is 0.393 e. The molecule has 1 heterocycles. The first-order chi connectivity index (χ1) is 7.25. The van der Waals surface area contributed by atoms with Gasteiger partial charge in [-0.3, -0.25) is 4.79 Å². The normalized spacial score (nSPS) is 24.3. The van der Waals surface area contributed by atoms with E-state index < -0.39 is 0 Å². The van der Waals surface area contributed by atoms with Crippen molar-refractivity contribution in [1.29, 1.82) is 0 Å². The van der Waals surface area contributed by atoms with E-state index in [9.17, 15) is 4.79 Å². The first kappa shape index (κ1) is 10.0. The fraction of sp³-hybridized carbons (Fsp3) is 0.500. The maximum atomic E-state index is 11.5. The molecule has 0 spiro atoms. The van der Waals surface area contributed by atoms with Crippen LogP contribution < -0.4 is 5.32 Å². The number of carbonyl (C=O) groups excluding carboxylic acids is 1. The summed E-state index contributed by atoms with van der Waals surface area (Å²) in [6, 6.07) is 1.62. The standard InChI is InChI=1S/C10H13N3O2/c14-9-3-7(4-9)5-11-10(15)8-1-2-12-13-6-8/h1-2,6-7,9,14H,3-5H2,(H,11,15). The van der Waals surface area contributed by atoms with Crippen molar-refractivity contribution < 1.29 is 9.90 Å². The summed E-state index contributed by atoms with van der Waals surface area (Å²) in [6.45, 7) is 0.623. The van der Waals surface area contributed by atoms with Gasteiger partial charge in [0, 0.05) is 6.54 Å². The predicted molar refractivity (Wildman–Crippen MR) is 53.1 cm³/mol. The first-order valence-electron chi connectivity index (χ1n) is 4.98. The van der Waals surface area contributed by atoms with E-state index in [1.807, 2.05) is 0 Å². The number of aromatic nitrogens is 2. The Morgan fingerprint density at radius 2 is 2.33 bits per heavy atom. The molecule has 0 unspecified atom stereocenters. The average Bonchev–Trinajstić information content (AvgIpc) is 2.23. The lowest BCUT2D eigenvalue weighted by Crippen LogP contribution is -2.38. The molecule has 1 amide bonds. The molecule has 80 valence electrons. The Hall–Kier alpha value is -1.49. The summed E-state index contributed by atoms with van der Waals surface area (Å²) in [6.07, 6.45) is 4.32. The molecule has 0 aromatic carbocycles. The van der Waals surface area contributed by atoms with Crippen LogP contribution in [-0.2, 0) is 0 Å². The third-order valence-corrected chi connectivity index (χ3v) is 2.61. The number of rotatable bonds is 3. The highest BCUT2D eigenvalue weighted by atomic mass is 16.3. The van der Waals surface area contributed by atoms with Crippen molar-refractivity contribution in [1.82, 2.24) is 15.5 Å². The van der Waals surface area contributed by atoms with Crippen LogP contribution in [0.15, 0.2) is 18.5 Å². The van der Waals surface area contributed by atoms with Crippen LogP contribution in [0.2, 0.25) is 0 Å². The Bertz CT molecular complexity index is 336. The van der Waals surface area contributed by atoms with Crippen molar-refractivity contribution in [2.45, 2.75) is 18.9 Å². The maximum Gasteiger partial charge on any atom is 0.252 e. The molecule has 1 aromatic heterocycles. The van der Waals surface area contributed by atoms with Gasteiger partial charge in [-0.1, -0.05) is 0 Å². The molecule has 1 fully saturated rings. The molecule has 5 heteroatoms. The molecular weight excluding hydrogens is 194 g/mol. The first-order valence-corrected chi connectivity index (χ1v) is 4.98. The Balaban J connectivity index is 1.78. The van der Waals surface area contributed by atoms with Crippen molar-refractivity contribution >= 4 is 5.91 Å². The number of amides is 1. The Morgan fingerprint density at radius 3 is 2.93 bits per heavy atom. The topological polar surface area (TPSA) is 75.1 Å². The zero-order chi connectivity index (χ0) is 10.7. The van der Waals surface area contributed by atoms with Gasteiger partial charge < -0.3 is 10.4 Å². The van der Waals surface area contributed by atoms with Crippen LogP contribution >= 0.6 is 0 Å². The lowest BCUT2D eigenvalue weighted by Gasteiger charge is -2.31. The minimum Gasteiger partial charge on any atom is -0.393 e. The lowest BCUT2D eigenvalue weighted by molar-refractivity contribution is 0.0420. The van der Waals surface area contributed by atoms with Crippen LogP contribution in [0, 0.1) is 5.92 Å². The summed E-state index contributed by atoms with van der Waals surface area (Å²) in [5.41, 5.74) is 0.518. The number of aliphatic hydroxyl groups excluding tert-OH is 1.